The van der Waals surface area contributed by atoms with E-state index in [1.807, 2.05) is 36.7 Å². The number of pyridine rings is 2. The Morgan fingerprint density at radius 1 is 0.597 bits per heavy atom. The lowest BCUT2D eigenvalue weighted by molar-refractivity contribution is -0.147. The van der Waals surface area contributed by atoms with Gasteiger partial charge in [-0.25, -0.2) is 9.59 Å². The van der Waals surface area contributed by atoms with Crippen LogP contribution in [0.2, 0.25) is 0 Å². The van der Waals surface area contributed by atoms with E-state index in [0.717, 1.165) is 36.5 Å². The summed E-state index contributed by atoms with van der Waals surface area (Å²) in [5.74, 6) is -1.40. The number of aliphatic carboxylic acids is 1. The van der Waals surface area contributed by atoms with Gasteiger partial charge < -0.3 is 40.2 Å². The number of aromatic nitrogens is 2. The van der Waals surface area contributed by atoms with Crippen molar-refractivity contribution in [3.8, 4) is 11.5 Å². The zero-order valence-electron chi connectivity index (χ0n) is 38.2. The van der Waals surface area contributed by atoms with E-state index in [4.69, 9.17) is 29.5 Å². The Morgan fingerprint density at radius 2 is 1.06 bits per heavy atom. The number of amides is 2. The molecule has 0 atom stereocenters. The minimum absolute atomic E-state index is 0.0717. The van der Waals surface area contributed by atoms with Gasteiger partial charge in [-0.15, -0.1) is 0 Å². The van der Waals surface area contributed by atoms with Crippen molar-refractivity contribution in [1.29, 1.82) is 0 Å². The number of hydrogen-bond donors (Lipinski definition) is 5. The van der Waals surface area contributed by atoms with Gasteiger partial charge in [0.15, 0.2) is 13.2 Å². The zero-order chi connectivity index (χ0) is 48.2. The number of carboxylic acid groups (broad SMARTS) is 1. The molecule has 0 spiro atoms. The second kappa shape index (κ2) is 30.0. The first kappa shape index (κ1) is 53.2. The van der Waals surface area contributed by atoms with Crippen LogP contribution in [0.5, 0.6) is 11.5 Å². The lowest BCUT2D eigenvalue weighted by Crippen LogP contribution is -2.17. The molecule has 0 bridgehead atoms. The number of esters is 1. The van der Waals surface area contributed by atoms with E-state index in [1.165, 1.54) is 49.7 Å². The fourth-order valence-electron chi connectivity index (χ4n) is 6.78. The molecule has 0 saturated heterocycles. The minimum Gasteiger partial charge on any atom is -0.482 e. The summed E-state index contributed by atoms with van der Waals surface area (Å²) < 4.78 is 15.3. The highest BCUT2D eigenvalue weighted by atomic mass is 79.9. The number of carboxylic acids is 1. The SMILES string of the molecule is CCCCCCc1cnc2c(C(=O)Nc3cccc(OCC(=O)O)c3)cccc2c1.CCCCCCc1cnc2c(C(=O)Nc3cccc(OCC(=O)OCCO)c3)cccc2c1.OCCBr. The Balaban J connectivity index is 0.000000272. The summed E-state index contributed by atoms with van der Waals surface area (Å²) in [4.78, 5) is 57.1. The third kappa shape index (κ3) is 18.8. The molecule has 6 aromatic rings. The van der Waals surface area contributed by atoms with Crippen LogP contribution < -0.4 is 20.1 Å². The largest absolute Gasteiger partial charge is 0.482 e. The molecule has 0 saturated carbocycles. The number of halogens is 1. The molecular weight excluding hydrogens is 920 g/mol. The number of aryl methyl sites for hydroxylation is 2. The number of ether oxygens (including phenoxy) is 3. The highest BCUT2D eigenvalue weighted by molar-refractivity contribution is 9.09. The molecule has 0 radical (unpaired) electrons. The first-order valence-corrected chi connectivity index (χ1v) is 23.7. The van der Waals surface area contributed by atoms with Crippen molar-refractivity contribution in [2.75, 3.05) is 49.0 Å². The maximum Gasteiger partial charge on any atom is 0.344 e. The molecule has 0 aliphatic rings. The number of fused-ring (bicyclic) bond motifs is 2. The molecular formula is C52H61BrN4O10. The molecule has 0 aliphatic carbocycles. The third-order valence-electron chi connectivity index (χ3n) is 10.0. The van der Waals surface area contributed by atoms with E-state index in [1.54, 1.807) is 60.7 Å². The molecule has 6 rings (SSSR count). The van der Waals surface area contributed by atoms with E-state index < -0.39 is 18.5 Å². The number of nitrogens with one attached hydrogen (secondary N) is 2. The average molecular weight is 982 g/mol. The van der Waals surface area contributed by atoms with Crippen molar-refractivity contribution in [3.05, 3.63) is 132 Å². The van der Waals surface area contributed by atoms with Crippen LogP contribution in [0, 0.1) is 0 Å². The number of carbonyl (C=O) groups excluding carboxylic acids is 3. The summed E-state index contributed by atoms with van der Waals surface area (Å²) in [7, 11) is 0. The lowest BCUT2D eigenvalue weighted by atomic mass is 10.0. The number of unbranched alkanes of at least 4 members (excludes halogenated alkanes) is 6. The van der Waals surface area contributed by atoms with Crippen LogP contribution in [0.15, 0.2) is 109 Å². The predicted molar refractivity (Wildman–Crippen MR) is 266 cm³/mol. The Kier molecular flexibility index (Phi) is 23.8. The number of para-hydroxylation sites is 2. The monoisotopic (exact) mass is 980 g/mol. The van der Waals surface area contributed by atoms with Gasteiger partial charge in [0.25, 0.3) is 11.8 Å². The number of aliphatic hydroxyl groups is 2. The molecule has 0 aliphatic heterocycles. The van der Waals surface area contributed by atoms with Crippen LogP contribution in [0.4, 0.5) is 11.4 Å². The molecule has 4 aromatic carbocycles. The molecule has 5 N–H and O–H groups in total. The zero-order valence-corrected chi connectivity index (χ0v) is 39.8. The van der Waals surface area contributed by atoms with E-state index in [9.17, 15) is 19.2 Å². The Bertz CT molecular complexity index is 2500. The standard InChI is InChI=1S/C26H30N2O5.C24H26N2O4.C2H5BrO/c1-2-3-4-5-8-19-15-20-9-6-12-23(25(20)27-17-19)26(31)28-21-10-7-11-22(16-21)33-18-24(30)32-14-13-29;1-2-3-4-5-8-17-13-18-9-6-12-21(23(18)25-15-17)24(29)26-19-10-7-11-20(14-19)30-16-22(27)28;3-1-2-4/h6-7,9-12,15-17,29H,2-5,8,13-14,18H2,1H3,(H,28,31);6-7,9-15H,2-5,8,16H2,1H3,(H,26,29)(H,27,28);4H,1-2H2. The third-order valence-corrected chi connectivity index (χ3v) is 10.4. The molecule has 2 aromatic heterocycles. The maximum atomic E-state index is 13.0. The Morgan fingerprint density at radius 3 is 1.49 bits per heavy atom. The van der Waals surface area contributed by atoms with Crippen molar-refractivity contribution in [3.63, 3.8) is 0 Å². The number of aliphatic hydroxyl groups excluding tert-OH is 2. The van der Waals surface area contributed by atoms with E-state index in [0.29, 0.717) is 50.4 Å². The summed E-state index contributed by atoms with van der Waals surface area (Å²) in [5.41, 5.74) is 5.71. The van der Waals surface area contributed by atoms with Crippen molar-refractivity contribution in [2.24, 2.45) is 0 Å². The number of hydrogen-bond acceptors (Lipinski definition) is 11. The fourth-order valence-corrected chi connectivity index (χ4v) is 6.78. The van der Waals surface area contributed by atoms with Crippen LogP contribution in [-0.2, 0) is 27.2 Å². The maximum absolute atomic E-state index is 13.0. The lowest BCUT2D eigenvalue weighted by Gasteiger charge is -2.11. The molecule has 15 heteroatoms. The van der Waals surface area contributed by atoms with Crippen molar-refractivity contribution >= 4 is 72.9 Å². The van der Waals surface area contributed by atoms with Gasteiger partial charge in [-0.1, -0.05) is 105 Å². The second-order valence-corrected chi connectivity index (χ2v) is 16.1. The highest BCUT2D eigenvalue weighted by Crippen LogP contribution is 2.24. The number of nitrogens with zero attached hydrogens (tertiary/aromatic N) is 2. The van der Waals surface area contributed by atoms with Gasteiger partial charge >= 0.3 is 11.9 Å². The number of alkyl halides is 1. The second-order valence-electron chi connectivity index (χ2n) is 15.4. The van der Waals surface area contributed by atoms with E-state index >= 15 is 0 Å². The van der Waals surface area contributed by atoms with Crippen LogP contribution in [0.1, 0.15) is 97.1 Å². The van der Waals surface area contributed by atoms with Crippen LogP contribution in [-0.4, -0.2) is 87.4 Å². The minimum atomic E-state index is -1.06. The number of carbonyl (C=O) groups is 4. The van der Waals surface area contributed by atoms with Gasteiger partial charge in [-0.2, -0.15) is 0 Å². The number of benzene rings is 4. The topological polar surface area (TPSA) is 206 Å². The summed E-state index contributed by atoms with van der Waals surface area (Å²) in [5, 5.41) is 33.5. The number of anilines is 2. The fraction of sp³-hybridized carbons (Fsp3) is 0.346. The molecule has 2 amide bonds. The summed E-state index contributed by atoms with van der Waals surface area (Å²) in [6, 6.07) is 28.8. The van der Waals surface area contributed by atoms with Crippen molar-refractivity contribution < 1.29 is 48.7 Å². The van der Waals surface area contributed by atoms with Crippen LogP contribution >= 0.6 is 15.9 Å². The van der Waals surface area contributed by atoms with Crippen LogP contribution in [0.3, 0.4) is 0 Å². The summed E-state index contributed by atoms with van der Waals surface area (Å²) in [6.45, 7) is 3.60. The molecule has 0 unspecified atom stereocenters. The van der Waals surface area contributed by atoms with Gasteiger partial charge in [0.2, 0.25) is 0 Å². The van der Waals surface area contributed by atoms with Gasteiger partial charge in [-0.3, -0.25) is 19.6 Å². The molecule has 356 valence electrons. The van der Waals surface area contributed by atoms with Gasteiger partial charge in [-0.05, 0) is 85.3 Å². The van der Waals surface area contributed by atoms with Gasteiger partial charge in [0, 0.05) is 52.0 Å². The molecule has 2 heterocycles. The smallest absolute Gasteiger partial charge is 0.344 e. The average Bonchev–Trinajstić information content (AvgIpc) is 3.34. The molecule has 67 heavy (non-hydrogen) atoms. The van der Waals surface area contributed by atoms with E-state index in [-0.39, 0.29) is 38.2 Å². The predicted octanol–water partition coefficient (Wildman–Crippen LogP) is 9.97. The quantitative estimate of drug-likeness (QED) is 0.0231. The van der Waals surface area contributed by atoms with Crippen molar-refractivity contribution in [2.45, 2.75) is 78.1 Å². The van der Waals surface area contributed by atoms with Gasteiger partial charge in [0.1, 0.15) is 18.1 Å². The Labute approximate surface area is 400 Å². The van der Waals surface area contributed by atoms with Crippen molar-refractivity contribution in [1.82, 2.24) is 9.97 Å². The van der Waals surface area contributed by atoms with E-state index in [2.05, 4.69) is 62.5 Å². The summed E-state index contributed by atoms with van der Waals surface area (Å²) >= 11 is 3.00. The highest BCUT2D eigenvalue weighted by Gasteiger charge is 2.15. The Hall–Kier alpha value is -6.42. The molecule has 14 nitrogen and oxygen atoms in total. The normalized spacial score (nSPS) is 10.5. The number of rotatable bonds is 23. The molecule has 0 fully saturated rings. The van der Waals surface area contributed by atoms with Gasteiger partial charge in [0.05, 0.1) is 35.4 Å². The first-order valence-electron chi connectivity index (χ1n) is 22.6. The first-order chi connectivity index (χ1) is 32.6. The summed E-state index contributed by atoms with van der Waals surface area (Å²) in [6.07, 6.45) is 15.3. The van der Waals surface area contributed by atoms with Crippen LogP contribution in [0.25, 0.3) is 21.8 Å².